The van der Waals surface area contributed by atoms with Crippen molar-refractivity contribution in [2.24, 2.45) is 0 Å². The lowest BCUT2D eigenvalue weighted by Gasteiger charge is -2.12. The van der Waals surface area contributed by atoms with Gasteiger partial charge in [0.1, 0.15) is 5.75 Å². The number of fused-ring (bicyclic) bond motifs is 1. The predicted molar refractivity (Wildman–Crippen MR) is 69.4 cm³/mol. The summed E-state index contributed by atoms with van der Waals surface area (Å²) in [6, 6.07) is 7.38. The normalized spacial score (nSPS) is 10.6. The van der Waals surface area contributed by atoms with Crippen molar-refractivity contribution in [3.8, 4) is 5.75 Å². The first-order valence-corrected chi connectivity index (χ1v) is 5.65. The number of aryl methyl sites for hydroxylation is 1. The van der Waals surface area contributed by atoms with E-state index in [1.54, 1.807) is 10.6 Å². The number of benzene rings is 1. The number of rotatable bonds is 3. The largest absolute Gasteiger partial charge is 0.507 e. The number of aromatic nitrogens is 1. The molecule has 0 saturated carbocycles. The molecule has 88 valence electrons. The summed E-state index contributed by atoms with van der Waals surface area (Å²) in [7, 11) is 0. The maximum atomic E-state index is 12.2. The molecule has 0 aliphatic carbocycles. The number of aromatic hydroxyl groups is 1. The zero-order chi connectivity index (χ0) is 12.4. The van der Waals surface area contributed by atoms with Crippen LogP contribution in [0.2, 0.25) is 0 Å². The Bertz CT molecular complexity index is 626. The lowest BCUT2D eigenvalue weighted by molar-refractivity contribution is 0.472. The van der Waals surface area contributed by atoms with E-state index in [9.17, 15) is 9.90 Å². The molecule has 0 saturated heterocycles. The van der Waals surface area contributed by atoms with Crippen molar-refractivity contribution in [1.29, 1.82) is 0 Å². The third-order valence-corrected chi connectivity index (χ3v) is 2.90. The molecule has 0 unspecified atom stereocenters. The van der Waals surface area contributed by atoms with Crippen molar-refractivity contribution in [2.45, 2.75) is 19.9 Å². The molecule has 3 nitrogen and oxygen atoms in total. The van der Waals surface area contributed by atoms with Crippen molar-refractivity contribution < 1.29 is 5.11 Å². The predicted octanol–water partition coefficient (Wildman–Crippen LogP) is 2.46. The van der Waals surface area contributed by atoms with Gasteiger partial charge >= 0.3 is 0 Å². The smallest absolute Gasteiger partial charge is 0.258 e. The lowest BCUT2D eigenvalue weighted by Crippen LogP contribution is -2.23. The minimum Gasteiger partial charge on any atom is -0.507 e. The SMILES string of the molecule is C=CCc1c(O)c2ccccc2n(CC)c1=O. The van der Waals surface area contributed by atoms with Crippen LogP contribution in [-0.4, -0.2) is 9.67 Å². The number of hydrogen-bond donors (Lipinski definition) is 1. The molecule has 0 spiro atoms. The highest BCUT2D eigenvalue weighted by molar-refractivity contribution is 5.86. The average Bonchev–Trinajstić information content (AvgIpc) is 2.35. The van der Waals surface area contributed by atoms with Crippen LogP contribution in [0.15, 0.2) is 41.7 Å². The van der Waals surface area contributed by atoms with Gasteiger partial charge in [0.2, 0.25) is 0 Å². The van der Waals surface area contributed by atoms with Crippen molar-refractivity contribution in [1.82, 2.24) is 4.57 Å². The Hall–Kier alpha value is -2.03. The minimum absolute atomic E-state index is 0.0789. The summed E-state index contributed by atoms with van der Waals surface area (Å²) in [5.74, 6) is 0.0789. The van der Waals surface area contributed by atoms with E-state index in [0.29, 0.717) is 23.9 Å². The van der Waals surface area contributed by atoms with Crippen LogP contribution in [0.5, 0.6) is 5.75 Å². The molecule has 0 radical (unpaired) electrons. The molecule has 0 fully saturated rings. The zero-order valence-electron chi connectivity index (χ0n) is 9.81. The summed E-state index contributed by atoms with van der Waals surface area (Å²) in [5.41, 5.74) is 1.05. The van der Waals surface area contributed by atoms with Crippen LogP contribution in [0, 0.1) is 0 Å². The zero-order valence-corrected chi connectivity index (χ0v) is 9.81. The fourth-order valence-corrected chi connectivity index (χ4v) is 2.09. The summed E-state index contributed by atoms with van der Waals surface area (Å²) in [6.07, 6.45) is 2.01. The van der Waals surface area contributed by atoms with Crippen molar-refractivity contribution in [3.63, 3.8) is 0 Å². The van der Waals surface area contributed by atoms with E-state index in [1.165, 1.54) is 0 Å². The summed E-state index contributed by atoms with van der Waals surface area (Å²) in [4.78, 5) is 12.2. The van der Waals surface area contributed by atoms with E-state index in [0.717, 1.165) is 5.52 Å². The van der Waals surface area contributed by atoms with Gasteiger partial charge in [-0.1, -0.05) is 18.2 Å². The highest BCUT2D eigenvalue weighted by atomic mass is 16.3. The van der Waals surface area contributed by atoms with E-state index in [-0.39, 0.29) is 11.3 Å². The van der Waals surface area contributed by atoms with Crippen LogP contribution in [0.3, 0.4) is 0 Å². The summed E-state index contributed by atoms with van der Waals surface area (Å²) in [6.45, 7) is 6.12. The van der Waals surface area contributed by atoms with Crippen LogP contribution in [0.1, 0.15) is 12.5 Å². The fourth-order valence-electron chi connectivity index (χ4n) is 2.09. The van der Waals surface area contributed by atoms with Gasteiger partial charge in [-0.25, -0.2) is 0 Å². The van der Waals surface area contributed by atoms with Gasteiger partial charge in [0, 0.05) is 11.9 Å². The molecule has 2 rings (SSSR count). The van der Waals surface area contributed by atoms with Crippen molar-refractivity contribution >= 4 is 10.9 Å². The third kappa shape index (κ3) is 1.73. The first-order valence-electron chi connectivity index (χ1n) is 5.65. The summed E-state index contributed by atoms with van der Waals surface area (Å²) < 4.78 is 1.67. The lowest BCUT2D eigenvalue weighted by atomic mass is 10.1. The Morgan fingerprint density at radius 2 is 2.12 bits per heavy atom. The molecule has 2 aromatic rings. The van der Waals surface area contributed by atoms with Crippen LogP contribution in [0.25, 0.3) is 10.9 Å². The van der Waals surface area contributed by atoms with Gasteiger partial charge in [0.05, 0.1) is 11.1 Å². The number of para-hydroxylation sites is 1. The quantitative estimate of drug-likeness (QED) is 0.821. The first-order chi connectivity index (χ1) is 8.20. The molecule has 1 heterocycles. The van der Waals surface area contributed by atoms with E-state index in [4.69, 9.17) is 0 Å². The Morgan fingerprint density at radius 1 is 1.41 bits per heavy atom. The maximum absolute atomic E-state index is 12.2. The topological polar surface area (TPSA) is 42.2 Å². The number of hydrogen-bond acceptors (Lipinski definition) is 2. The molecule has 0 bridgehead atoms. The van der Waals surface area contributed by atoms with Crippen molar-refractivity contribution in [3.05, 3.63) is 52.8 Å². The van der Waals surface area contributed by atoms with E-state index < -0.39 is 0 Å². The molecule has 0 amide bonds. The highest BCUT2D eigenvalue weighted by Gasteiger charge is 2.13. The molecule has 17 heavy (non-hydrogen) atoms. The van der Waals surface area contributed by atoms with Gasteiger partial charge in [-0.3, -0.25) is 4.79 Å². The van der Waals surface area contributed by atoms with Crippen LogP contribution >= 0.6 is 0 Å². The van der Waals surface area contributed by atoms with Crippen LogP contribution in [0.4, 0.5) is 0 Å². The molecule has 0 aliphatic heterocycles. The molecule has 1 aromatic heterocycles. The van der Waals surface area contributed by atoms with Crippen molar-refractivity contribution in [2.75, 3.05) is 0 Å². The molecule has 1 aromatic carbocycles. The number of allylic oxidation sites excluding steroid dienone is 1. The van der Waals surface area contributed by atoms with Gasteiger partial charge in [0.15, 0.2) is 0 Å². The Morgan fingerprint density at radius 3 is 2.76 bits per heavy atom. The minimum atomic E-state index is -0.136. The summed E-state index contributed by atoms with van der Waals surface area (Å²) in [5, 5.41) is 10.8. The average molecular weight is 229 g/mol. The highest BCUT2D eigenvalue weighted by Crippen LogP contribution is 2.26. The third-order valence-electron chi connectivity index (χ3n) is 2.90. The molecule has 3 heteroatoms. The van der Waals surface area contributed by atoms with Gasteiger partial charge in [-0.05, 0) is 25.5 Å². The summed E-state index contributed by atoms with van der Waals surface area (Å²) >= 11 is 0. The van der Waals surface area contributed by atoms with Crippen LogP contribution in [-0.2, 0) is 13.0 Å². The van der Waals surface area contributed by atoms with Gasteiger partial charge < -0.3 is 9.67 Å². The van der Waals surface area contributed by atoms with Gasteiger partial charge in [-0.2, -0.15) is 0 Å². The molecule has 1 N–H and O–H groups in total. The second kappa shape index (κ2) is 4.45. The number of pyridine rings is 1. The molecular weight excluding hydrogens is 214 g/mol. The van der Waals surface area contributed by atoms with Crippen LogP contribution < -0.4 is 5.56 Å². The second-order valence-electron chi connectivity index (χ2n) is 3.89. The molecule has 0 atom stereocenters. The Kier molecular flexibility index (Phi) is 3.00. The van der Waals surface area contributed by atoms with E-state index in [1.807, 2.05) is 31.2 Å². The standard InChI is InChI=1S/C14H15NO2/c1-3-7-11-13(16)10-8-5-6-9-12(10)15(4-2)14(11)17/h3,5-6,8-9,16H,1,4,7H2,2H3. The maximum Gasteiger partial charge on any atom is 0.258 e. The Balaban J connectivity index is 2.94. The van der Waals surface area contributed by atoms with E-state index in [2.05, 4.69) is 6.58 Å². The second-order valence-corrected chi connectivity index (χ2v) is 3.89. The molecular formula is C14H15NO2. The van der Waals surface area contributed by atoms with Gasteiger partial charge in [-0.15, -0.1) is 6.58 Å². The fraction of sp³-hybridized carbons (Fsp3) is 0.214. The van der Waals surface area contributed by atoms with Gasteiger partial charge in [0.25, 0.3) is 5.56 Å². The van der Waals surface area contributed by atoms with E-state index >= 15 is 0 Å². The number of nitrogens with zero attached hydrogens (tertiary/aromatic N) is 1. The molecule has 0 aliphatic rings. The monoisotopic (exact) mass is 229 g/mol. The first kappa shape index (κ1) is 11.5. The Labute approximate surface area is 99.6 Å².